The van der Waals surface area contributed by atoms with Gasteiger partial charge in [0.25, 0.3) is 5.95 Å². The van der Waals surface area contributed by atoms with Crippen molar-refractivity contribution in [2.24, 2.45) is 0 Å². The maximum atomic E-state index is 5.09. The number of H-pyrrole nitrogens is 1. The second-order valence-corrected chi connectivity index (χ2v) is 5.50. The quantitative estimate of drug-likeness (QED) is 0.786. The lowest BCUT2D eigenvalue weighted by Crippen LogP contribution is -2.27. The number of benzene rings is 1. The molecule has 112 valence electrons. The average Bonchev–Trinajstić information content (AvgIpc) is 3.10. The predicted molar refractivity (Wildman–Crippen MR) is 82.7 cm³/mol. The highest BCUT2D eigenvalue weighted by molar-refractivity contribution is 5.64. The topological polar surface area (TPSA) is 70.8 Å². The Kier molecular flexibility index (Phi) is 3.14. The fourth-order valence-corrected chi connectivity index (χ4v) is 2.93. The molecular weight excluding hydrogens is 278 g/mol. The summed E-state index contributed by atoms with van der Waals surface area (Å²) in [7, 11) is 0. The highest BCUT2D eigenvalue weighted by Crippen LogP contribution is 2.27. The second-order valence-electron chi connectivity index (χ2n) is 5.50. The van der Waals surface area contributed by atoms with E-state index in [2.05, 4.69) is 37.4 Å². The normalized spacial score (nSPS) is 14.7. The number of fused-ring (bicyclic) bond motifs is 1. The van der Waals surface area contributed by atoms with Crippen molar-refractivity contribution in [2.75, 3.05) is 18.0 Å². The van der Waals surface area contributed by atoms with Crippen molar-refractivity contribution >= 4 is 5.95 Å². The fraction of sp³-hybridized carbons (Fsp3) is 0.312. The summed E-state index contributed by atoms with van der Waals surface area (Å²) < 4.78 is 5.09. The summed E-state index contributed by atoms with van der Waals surface area (Å²) in [5.74, 6) is 1.28. The first-order chi connectivity index (χ1) is 10.8. The molecule has 0 atom stereocenters. The molecule has 0 saturated heterocycles. The summed E-state index contributed by atoms with van der Waals surface area (Å²) in [6.45, 7) is 3.54. The molecule has 0 spiro atoms. The monoisotopic (exact) mass is 295 g/mol. The first kappa shape index (κ1) is 13.1. The van der Waals surface area contributed by atoms with Crippen LogP contribution in [0.4, 0.5) is 5.95 Å². The van der Waals surface area contributed by atoms with Crippen molar-refractivity contribution in [1.29, 1.82) is 0 Å². The molecule has 0 bridgehead atoms. The zero-order valence-electron chi connectivity index (χ0n) is 12.4. The molecule has 6 nitrogen and oxygen atoms in total. The van der Waals surface area contributed by atoms with Gasteiger partial charge >= 0.3 is 0 Å². The molecule has 2 aromatic heterocycles. The number of nitrogens with zero attached hydrogens (tertiary/aromatic N) is 4. The maximum Gasteiger partial charge on any atom is 0.266 e. The van der Waals surface area contributed by atoms with E-state index in [4.69, 9.17) is 4.52 Å². The molecule has 4 rings (SSSR count). The lowest BCUT2D eigenvalue weighted by molar-refractivity contribution is 0.392. The first-order valence-corrected chi connectivity index (χ1v) is 7.48. The fourth-order valence-electron chi connectivity index (χ4n) is 2.93. The summed E-state index contributed by atoms with van der Waals surface area (Å²) in [6, 6.07) is 10.3. The van der Waals surface area contributed by atoms with Crippen LogP contribution in [0.15, 0.2) is 34.9 Å². The van der Waals surface area contributed by atoms with Crippen molar-refractivity contribution in [3.63, 3.8) is 0 Å². The van der Waals surface area contributed by atoms with E-state index >= 15 is 0 Å². The van der Waals surface area contributed by atoms with E-state index in [1.54, 1.807) is 0 Å². The first-order valence-electron chi connectivity index (χ1n) is 7.48. The van der Waals surface area contributed by atoms with E-state index in [1.807, 2.05) is 25.1 Å². The third-order valence-corrected chi connectivity index (χ3v) is 4.06. The number of nitrogens with one attached hydrogen (secondary N) is 1. The van der Waals surface area contributed by atoms with Crippen LogP contribution in [0.1, 0.15) is 17.1 Å². The van der Waals surface area contributed by atoms with Gasteiger partial charge in [0.2, 0.25) is 5.89 Å². The van der Waals surface area contributed by atoms with Crippen molar-refractivity contribution in [1.82, 2.24) is 20.3 Å². The number of hydrogen-bond acceptors (Lipinski definition) is 5. The second kappa shape index (κ2) is 5.29. The Morgan fingerprint density at radius 3 is 2.73 bits per heavy atom. The lowest BCUT2D eigenvalue weighted by Gasteiger charge is -2.16. The van der Waals surface area contributed by atoms with Crippen molar-refractivity contribution in [3.05, 3.63) is 47.5 Å². The van der Waals surface area contributed by atoms with Crippen LogP contribution in [0.3, 0.4) is 0 Å². The molecule has 1 aliphatic rings. The number of aromatic nitrogens is 4. The Labute approximate surface area is 128 Å². The minimum absolute atomic E-state index is 0.601. The molecule has 0 fully saturated rings. The van der Waals surface area contributed by atoms with Crippen LogP contribution in [-0.2, 0) is 12.8 Å². The third-order valence-electron chi connectivity index (χ3n) is 4.06. The summed E-state index contributed by atoms with van der Waals surface area (Å²) in [5.41, 5.74) is 4.72. The molecule has 0 unspecified atom stereocenters. The molecule has 0 saturated carbocycles. The summed E-state index contributed by atoms with van der Waals surface area (Å²) in [4.78, 5) is 6.49. The van der Waals surface area contributed by atoms with E-state index in [0.29, 0.717) is 11.8 Å². The Bertz CT molecular complexity index is 777. The SMILES string of the molecule is Cc1nc(N2CCc3[nH]nc(-c4ccccc4)c3CC2)no1. The third kappa shape index (κ3) is 2.26. The molecule has 0 radical (unpaired) electrons. The molecule has 6 heteroatoms. The Morgan fingerprint density at radius 2 is 1.95 bits per heavy atom. The molecule has 3 heterocycles. The summed E-state index contributed by atoms with van der Waals surface area (Å²) in [6.07, 6.45) is 1.83. The summed E-state index contributed by atoms with van der Waals surface area (Å²) in [5, 5.41) is 11.7. The zero-order chi connectivity index (χ0) is 14.9. The largest absolute Gasteiger partial charge is 0.338 e. The Hall–Kier alpha value is -2.63. The van der Waals surface area contributed by atoms with E-state index in [9.17, 15) is 0 Å². The van der Waals surface area contributed by atoms with E-state index in [-0.39, 0.29) is 0 Å². The minimum atomic E-state index is 0.601. The lowest BCUT2D eigenvalue weighted by atomic mass is 10.0. The van der Waals surface area contributed by atoms with Gasteiger partial charge in [-0.15, -0.1) is 0 Å². The standard InChI is InChI=1S/C16H17N5O/c1-11-17-16(20-22-11)21-9-7-13-14(8-10-21)18-19-15(13)12-5-3-2-4-6-12/h2-6H,7-10H2,1H3,(H,18,19). The minimum Gasteiger partial charge on any atom is -0.338 e. The smallest absolute Gasteiger partial charge is 0.266 e. The number of aromatic amines is 1. The van der Waals surface area contributed by atoms with Crippen LogP contribution < -0.4 is 4.90 Å². The summed E-state index contributed by atoms with van der Waals surface area (Å²) >= 11 is 0. The van der Waals surface area contributed by atoms with Gasteiger partial charge in [-0.05, 0) is 11.6 Å². The van der Waals surface area contributed by atoms with Gasteiger partial charge in [0.1, 0.15) is 0 Å². The Balaban J connectivity index is 1.62. The average molecular weight is 295 g/mol. The molecule has 1 aliphatic heterocycles. The number of anilines is 1. The van der Waals surface area contributed by atoms with Gasteiger partial charge in [0, 0.05) is 43.3 Å². The van der Waals surface area contributed by atoms with Crippen LogP contribution in [-0.4, -0.2) is 33.4 Å². The van der Waals surface area contributed by atoms with Crippen molar-refractivity contribution in [3.8, 4) is 11.3 Å². The molecule has 0 aliphatic carbocycles. The van der Waals surface area contributed by atoms with E-state index in [0.717, 1.165) is 37.2 Å². The van der Waals surface area contributed by atoms with Crippen LogP contribution in [0, 0.1) is 6.92 Å². The molecule has 3 aromatic rings. The number of rotatable bonds is 2. The van der Waals surface area contributed by atoms with Crippen LogP contribution in [0.5, 0.6) is 0 Å². The number of hydrogen-bond donors (Lipinski definition) is 1. The highest BCUT2D eigenvalue weighted by Gasteiger charge is 2.22. The Morgan fingerprint density at radius 1 is 1.14 bits per heavy atom. The van der Waals surface area contributed by atoms with E-state index in [1.165, 1.54) is 11.3 Å². The van der Waals surface area contributed by atoms with Crippen molar-refractivity contribution in [2.45, 2.75) is 19.8 Å². The molecule has 0 amide bonds. The highest BCUT2D eigenvalue weighted by atomic mass is 16.5. The molecule has 22 heavy (non-hydrogen) atoms. The molecular formula is C16H17N5O. The van der Waals surface area contributed by atoms with Gasteiger partial charge in [-0.2, -0.15) is 10.1 Å². The zero-order valence-corrected chi connectivity index (χ0v) is 12.4. The van der Waals surface area contributed by atoms with Gasteiger partial charge in [0.05, 0.1) is 5.69 Å². The van der Waals surface area contributed by atoms with Gasteiger partial charge in [-0.25, -0.2) is 0 Å². The van der Waals surface area contributed by atoms with Gasteiger partial charge in [-0.1, -0.05) is 30.3 Å². The van der Waals surface area contributed by atoms with Crippen LogP contribution in [0.25, 0.3) is 11.3 Å². The molecule has 1 aromatic carbocycles. The van der Waals surface area contributed by atoms with Crippen molar-refractivity contribution < 1.29 is 4.52 Å². The maximum absolute atomic E-state index is 5.09. The van der Waals surface area contributed by atoms with Gasteiger partial charge in [-0.3, -0.25) is 5.10 Å². The van der Waals surface area contributed by atoms with Crippen LogP contribution in [0.2, 0.25) is 0 Å². The van der Waals surface area contributed by atoms with Gasteiger partial charge in [0.15, 0.2) is 0 Å². The predicted octanol–water partition coefficient (Wildman–Crippen LogP) is 2.37. The van der Waals surface area contributed by atoms with E-state index < -0.39 is 0 Å². The van der Waals surface area contributed by atoms with Gasteiger partial charge < -0.3 is 9.42 Å². The van der Waals surface area contributed by atoms with Crippen LogP contribution >= 0.6 is 0 Å². The number of aryl methyl sites for hydroxylation is 1. The molecule has 1 N–H and O–H groups in total.